The van der Waals surface area contributed by atoms with Crippen LogP contribution in [0.1, 0.15) is 5.56 Å². The summed E-state index contributed by atoms with van der Waals surface area (Å²) in [5.41, 5.74) is 2.23. The molecular weight excluding hydrogens is 276 g/mol. The molecule has 1 aliphatic rings. The summed E-state index contributed by atoms with van der Waals surface area (Å²) < 4.78 is 5.44. The Hall–Kier alpha value is -2.56. The van der Waals surface area contributed by atoms with E-state index in [-0.39, 0.29) is 0 Å². The molecule has 0 unspecified atom stereocenters. The second-order valence-electron chi connectivity index (χ2n) is 5.14. The van der Waals surface area contributed by atoms with Gasteiger partial charge in [0.1, 0.15) is 5.75 Å². The lowest BCUT2D eigenvalue weighted by molar-refractivity contribution is 0.271. The summed E-state index contributed by atoms with van der Waals surface area (Å²) in [6.07, 6.45) is 5.45. The smallest absolute Gasteiger partial charge is 0.142 e. The SMILES string of the molecule is COc1ccccc1N1CCN(N=Cc2ccncc2)CC1. The minimum Gasteiger partial charge on any atom is -0.495 e. The molecule has 5 heteroatoms. The summed E-state index contributed by atoms with van der Waals surface area (Å²) in [4.78, 5) is 6.35. The van der Waals surface area contributed by atoms with Crippen LogP contribution in [0.2, 0.25) is 0 Å². The number of hydrazone groups is 1. The van der Waals surface area contributed by atoms with Gasteiger partial charge in [0.05, 0.1) is 32.1 Å². The predicted octanol–water partition coefficient (Wildman–Crippen LogP) is 2.25. The Morgan fingerprint density at radius 1 is 1.05 bits per heavy atom. The lowest BCUT2D eigenvalue weighted by Crippen LogP contribution is -2.44. The van der Waals surface area contributed by atoms with Crippen molar-refractivity contribution in [3.8, 4) is 5.75 Å². The number of ether oxygens (including phenoxy) is 1. The molecule has 1 fully saturated rings. The molecule has 1 aliphatic heterocycles. The molecule has 0 N–H and O–H groups in total. The summed E-state index contributed by atoms with van der Waals surface area (Å²) in [5.74, 6) is 0.927. The number of piperazine rings is 1. The third kappa shape index (κ3) is 3.36. The van der Waals surface area contributed by atoms with Crippen LogP contribution in [0.5, 0.6) is 5.75 Å². The summed E-state index contributed by atoms with van der Waals surface area (Å²) in [5, 5.41) is 6.65. The number of rotatable bonds is 4. The first-order valence-electron chi connectivity index (χ1n) is 7.44. The van der Waals surface area contributed by atoms with Gasteiger partial charge in [-0.15, -0.1) is 0 Å². The van der Waals surface area contributed by atoms with Crippen LogP contribution in [0.4, 0.5) is 5.69 Å². The summed E-state index contributed by atoms with van der Waals surface area (Å²) in [7, 11) is 1.72. The van der Waals surface area contributed by atoms with Gasteiger partial charge in [-0.25, -0.2) is 0 Å². The zero-order valence-electron chi connectivity index (χ0n) is 12.7. The molecule has 1 aromatic heterocycles. The number of aromatic nitrogens is 1. The molecule has 22 heavy (non-hydrogen) atoms. The van der Waals surface area contributed by atoms with E-state index in [9.17, 15) is 0 Å². The molecule has 0 saturated carbocycles. The zero-order chi connectivity index (χ0) is 15.2. The van der Waals surface area contributed by atoms with Gasteiger partial charge in [0.25, 0.3) is 0 Å². The van der Waals surface area contributed by atoms with E-state index in [0.29, 0.717) is 0 Å². The third-order valence-corrected chi connectivity index (χ3v) is 3.76. The lowest BCUT2D eigenvalue weighted by Gasteiger charge is -2.35. The number of anilines is 1. The predicted molar refractivity (Wildman–Crippen MR) is 88.6 cm³/mol. The first-order valence-corrected chi connectivity index (χ1v) is 7.44. The minimum absolute atomic E-state index is 0.902. The molecule has 1 aromatic carbocycles. The van der Waals surface area contributed by atoms with Crippen molar-refractivity contribution >= 4 is 11.9 Å². The molecule has 0 radical (unpaired) electrons. The molecule has 3 rings (SSSR count). The first kappa shape index (κ1) is 14.4. The molecule has 0 amide bonds. The number of benzene rings is 1. The van der Waals surface area contributed by atoms with Gasteiger partial charge in [0.2, 0.25) is 0 Å². The van der Waals surface area contributed by atoms with E-state index in [0.717, 1.165) is 43.2 Å². The largest absolute Gasteiger partial charge is 0.495 e. The van der Waals surface area contributed by atoms with Crippen molar-refractivity contribution in [2.75, 3.05) is 38.2 Å². The van der Waals surface area contributed by atoms with E-state index in [1.165, 1.54) is 0 Å². The van der Waals surface area contributed by atoms with Crippen LogP contribution in [0.3, 0.4) is 0 Å². The lowest BCUT2D eigenvalue weighted by atomic mass is 10.2. The van der Waals surface area contributed by atoms with E-state index < -0.39 is 0 Å². The fraction of sp³-hybridized carbons (Fsp3) is 0.294. The van der Waals surface area contributed by atoms with Gasteiger partial charge in [0, 0.05) is 25.5 Å². The number of methoxy groups -OCH3 is 1. The van der Waals surface area contributed by atoms with Gasteiger partial charge in [-0.05, 0) is 29.8 Å². The topological polar surface area (TPSA) is 41.0 Å². The highest BCUT2D eigenvalue weighted by molar-refractivity contribution is 5.78. The number of hydrogen-bond acceptors (Lipinski definition) is 5. The summed E-state index contributed by atoms with van der Waals surface area (Å²) in [6.45, 7) is 3.68. The zero-order valence-corrected chi connectivity index (χ0v) is 12.7. The first-order chi connectivity index (χ1) is 10.9. The Morgan fingerprint density at radius 2 is 1.77 bits per heavy atom. The molecule has 5 nitrogen and oxygen atoms in total. The maximum absolute atomic E-state index is 5.44. The molecule has 2 heterocycles. The van der Waals surface area contributed by atoms with Crippen LogP contribution in [-0.4, -0.2) is 49.5 Å². The summed E-state index contributed by atoms with van der Waals surface area (Å²) >= 11 is 0. The van der Waals surface area contributed by atoms with Crippen molar-refractivity contribution in [1.82, 2.24) is 9.99 Å². The van der Waals surface area contributed by atoms with Gasteiger partial charge in [0.15, 0.2) is 0 Å². The van der Waals surface area contributed by atoms with Gasteiger partial charge in [-0.1, -0.05) is 12.1 Å². The standard InChI is InChI=1S/C17H20N4O/c1-22-17-5-3-2-4-16(17)20-10-12-21(13-11-20)19-14-15-6-8-18-9-7-15/h2-9,14H,10-13H2,1H3. The van der Waals surface area contributed by atoms with E-state index in [1.807, 2.05) is 36.5 Å². The maximum atomic E-state index is 5.44. The van der Waals surface area contributed by atoms with Crippen LogP contribution in [0.25, 0.3) is 0 Å². The van der Waals surface area contributed by atoms with Crippen LogP contribution in [-0.2, 0) is 0 Å². The van der Waals surface area contributed by atoms with Crippen molar-refractivity contribution in [2.45, 2.75) is 0 Å². The van der Waals surface area contributed by atoms with Crippen molar-refractivity contribution in [3.63, 3.8) is 0 Å². The average molecular weight is 296 g/mol. The number of pyridine rings is 1. The van der Waals surface area contributed by atoms with E-state index in [4.69, 9.17) is 4.74 Å². The van der Waals surface area contributed by atoms with Crippen LogP contribution in [0.15, 0.2) is 53.9 Å². The Bertz CT molecular complexity index is 622. The third-order valence-electron chi connectivity index (χ3n) is 3.76. The minimum atomic E-state index is 0.902. The highest BCUT2D eigenvalue weighted by atomic mass is 16.5. The normalized spacial score (nSPS) is 15.3. The van der Waals surface area contributed by atoms with Crippen molar-refractivity contribution in [1.29, 1.82) is 0 Å². The van der Waals surface area contributed by atoms with E-state index in [2.05, 4.69) is 26.1 Å². The Balaban J connectivity index is 1.60. The summed E-state index contributed by atoms with van der Waals surface area (Å²) in [6, 6.07) is 12.1. The fourth-order valence-corrected chi connectivity index (χ4v) is 2.54. The molecular formula is C17H20N4O. The number of para-hydroxylation sites is 2. The van der Waals surface area contributed by atoms with Gasteiger partial charge < -0.3 is 9.64 Å². The molecule has 0 spiro atoms. The van der Waals surface area contributed by atoms with E-state index in [1.54, 1.807) is 19.5 Å². The molecule has 1 saturated heterocycles. The molecule has 0 atom stereocenters. The number of nitrogens with zero attached hydrogens (tertiary/aromatic N) is 4. The Kier molecular flexibility index (Phi) is 4.53. The number of hydrogen-bond donors (Lipinski definition) is 0. The molecule has 2 aromatic rings. The molecule has 0 aliphatic carbocycles. The van der Waals surface area contributed by atoms with Crippen LogP contribution < -0.4 is 9.64 Å². The van der Waals surface area contributed by atoms with Gasteiger partial charge in [-0.3, -0.25) is 9.99 Å². The van der Waals surface area contributed by atoms with E-state index >= 15 is 0 Å². The molecule has 0 bridgehead atoms. The monoisotopic (exact) mass is 296 g/mol. The van der Waals surface area contributed by atoms with Crippen LogP contribution in [0, 0.1) is 0 Å². The van der Waals surface area contributed by atoms with Crippen molar-refractivity contribution in [3.05, 3.63) is 54.4 Å². The van der Waals surface area contributed by atoms with Crippen LogP contribution >= 0.6 is 0 Å². The van der Waals surface area contributed by atoms with Gasteiger partial charge >= 0.3 is 0 Å². The quantitative estimate of drug-likeness (QED) is 0.812. The highest BCUT2D eigenvalue weighted by Gasteiger charge is 2.18. The second-order valence-corrected chi connectivity index (χ2v) is 5.14. The second kappa shape index (κ2) is 6.93. The van der Waals surface area contributed by atoms with Gasteiger partial charge in [-0.2, -0.15) is 5.10 Å². The average Bonchev–Trinajstić information content (AvgIpc) is 2.61. The maximum Gasteiger partial charge on any atom is 0.142 e. The fourth-order valence-electron chi connectivity index (χ4n) is 2.54. The molecule has 114 valence electrons. The Labute approximate surface area is 130 Å². The highest BCUT2D eigenvalue weighted by Crippen LogP contribution is 2.28. The Morgan fingerprint density at radius 3 is 2.50 bits per heavy atom. The van der Waals surface area contributed by atoms with Crippen molar-refractivity contribution in [2.24, 2.45) is 5.10 Å². The van der Waals surface area contributed by atoms with Crippen molar-refractivity contribution < 1.29 is 4.74 Å².